The molecule has 1 aliphatic rings. The first-order valence-corrected chi connectivity index (χ1v) is 9.28. The third-order valence-corrected chi connectivity index (χ3v) is 6.03. The Morgan fingerprint density at radius 2 is 2.04 bits per heavy atom. The maximum Gasteiger partial charge on any atom is 0.242 e. The van der Waals surface area contributed by atoms with E-state index in [-0.39, 0.29) is 27.4 Å². The van der Waals surface area contributed by atoms with Gasteiger partial charge in [-0.05, 0) is 49.1 Å². The first-order chi connectivity index (χ1) is 10.8. The molecule has 3 rings (SSSR count). The third kappa shape index (κ3) is 3.41. The highest BCUT2D eigenvalue weighted by Crippen LogP contribution is 2.45. The molecule has 2 aromatic rings. The monoisotopic (exact) mass is 375 g/mol. The van der Waals surface area contributed by atoms with Crippen LogP contribution in [-0.2, 0) is 15.6 Å². The summed E-state index contributed by atoms with van der Waals surface area (Å²) >= 11 is 11.8. The lowest BCUT2D eigenvalue weighted by molar-refractivity contribution is -0.00224. The van der Waals surface area contributed by atoms with Crippen molar-refractivity contribution in [2.75, 3.05) is 6.54 Å². The normalized spacial score (nSPS) is 17.9. The van der Waals surface area contributed by atoms with E-state index >= 15 is 0 Å². The van der Waals surface area contributed by atoms with Crippen molar-refractivity contribution in [3.8, 4) is 0 Å². The smallest absolute Gasteiger partial charge is 0.242 e. The SMILES string of the molecule is O=S(=O)(NCC(O)(c1ccco1)C1CC1)c1cc(Cl)ccc1Cl. The molecule has 0 spiro atoms. The van der Waals surface area contributed by atoms with Crippen LogP contribution in [0.2, 0.25) is 10.0 Å². The second-order valence-corrected chi connectivity index (χ2v) is 8.15. The molecule has 8 heteroatoms. The number of nitrogens with one attached hydrogen (secondary N) is 1. The van der Waals surface area contributed by atoms with Gasteiger partial charge in [0.15, 0.2) is 0 Å². The molecule has 1 fully saturated rings. The molecular formula is C15H15Cl2NO4S. The zero-order valence-corrected chi connectivity index (χ0v) is 14.3. The Hall–Kier alpha value is -1.05. The van der Waals surface area contributed by atoms with E-state index in [1.54, 1.807) is 12.1 Å². The summed E-state index contributed by atoms with van der Waals surface area (Å²) in [5.74, 6) is 0.311. The molecule has 1 heterocycles. The van der Waals surface area contributed by atoms with Gasteiger partial charge in [0.05, 0.1) is 11.3 Å². The highest BCUT2D eigenvalue weighted by Gasteiger charge is 2.47. The van der Waals surface area contributed by atoms with Gasteiger partial charge in [0.1, 0.15) is 16.3 Å². The molecule has 23 heavy (non-hydrogen) atoms. The van der Waals surface area contributed by atoms with Gasteiger partial charge in [0.2, 0.25) is 10.0 Å². The van der Waals surface area contributed by atoms with Crippen LogP contribution in [-0.4, -0.2) is 20.1 Å². The molecule has 0 aliphatic heterocycles. The van der Waals surface area contributed by atoms with Crippen LogP contribution >= 0.6 is 23.2 Å². The molecule has 0 saturated heterocycles. The molecule has 2 N–H and O–H groups in total. The minimum Gasteiger partial charge on any atom is -0.466 e. The predicted octanol–water partition coefficient (Wildman–Crippen LogP) is 3.16. The summed E-state index contributed by atoms with van der Waals surface area (Å²) in [5.41, 5.74) is -1.37. The van der Waals surface area contributed by atoms with E-state index < -0.39 is 15.6 Å². The fourth-order valence-electron chi connectivity index (χ4n) is 2.48. The fourth-order valence-corrected chi connectivity index (χ4v) is 4.32. The number of benzene rings is 1. The van der Waals surface area contributed by atoms with Crippen molar-refractivity contribution in [1.82, 2.24) is 4.72 Å². The second kappa shape index (κ2) is 6.11. The Morgan fingerprint density at radius 3 is 2.65 bits per heavy atom. The molecule has 1 aromatic carbocycles. The van der Waals surface area contributed by atoms with Crippen LogP contribution in [0.3, 0.4) is 0 Å². The lowest BCUT2D eigenvalue weighted by Crippen LogP contribution is -2.42. The van der Waals surface area contributed by atoms with E-state index in [1.807, 2.05) is 0 Å². The van der Waals surface area contributed by atoms with Crippen LogP contribution in [0.4, 0.5) is 0 Å². The summed E-state index contributed by atoms with van der Waals surface area (Å²) in [7, 11) is -3.91. The Kier molecular flexibility index (Phi) is 4.46. The zero-order chi connectivity index (χ0) is 16.7. The van der Waals surface area contributed by atoms with Crippen LogP contribution < -0.4 is 4.72 Å². The maximum atomic E-state index is 12.5. The van der Waals surface area contributed by atoms with E-state index in [9.17, 15) is 13.5 Å². The summed E-state index contributed by atoms with van der Waals surface area (Å²) in [6, 6.07) is 7.49. The summed E-state index contributed by atoms with van der Waals surface area (Å²) in [6.07, 6.45) is 3.08. The molecule has 1 unspecified atom stereocenters. The van der Waals surface area contributed by atoms with E-state index in [0.717, 1.165) is 12.8 Å². The number of aliphatic hydroxyl groups is 1. The third-order valence-electron chi connectivity index (χ3n) is 3.92. The first-order valence-electron chi connectivity index (χ1n) is 7.04. The van der Waals surface area contributed by atoms with Gasteiger partial charge in [-0.1, -0.05) is 23.2 Å². The molecular weight excluding hydrogens is 361 g/mol. The van der Waals surface area contributed by atoms with Gasteiger partial charge < -0.3 is 9.52 Å². The standard InChI is InChI=1S/C15H15Cl2NO4S/c16-11-5-6-12(17)13(8-11)23(20,21)18-9-15(19,10-3-4-10)14-2-1-7-22-14/h1-2,5-8,10,18-19H,3-4,9H2. The first kappa shape index (κ1) is 16.8. The molecule has 1 aliphatic carbocycles. The average molecular weight is 376 g/mol. The Bertz CT molecular complexity index is 803. The van der Waals surface area contributed by atoms with Crippen molar-refractivity contribution in [3.63, 3.8) is 0 Å². The molecule has 0 bridgehead atoms. The van der Waals surface area contributed by atoms with Gasteiger partial charge in [-0.3, -0.25) is 0 Å². The van der Waals surface area contributed by atoms with Crippen molar-refractivity contribution in [3.05, 3.63) is 52.4 Å². The number of hydrogen-bond acceptors (Lipinski definition) is 4. The zero-order valence-electron chi connectivity index (χ0n) is 12.0. The van der Waals surface area contributed by atoms with Crippen LogP contribution in [0.5, 0.6) is 0 Å². The molecule has 5 nitrogen and oxygen atoms in total. The van der Waals surface area contributed by atoms with Gasteiger partial charge in [-0.25, -0.2) is 13.1 Å². The molecule has 124 valence electrons. The van der Waals surface area contributed by atoms with Gasteiger partial charge in [0, 0.05) is 11.6 Å². The highest BCUT2D eigenvalue weighted by molar-refractivity contribution is 7.89. The molecule has 1 aromatic heterocycles. The van der Waals surface area contributed by atoms with Crippen molar-refractivity contribution < 1.29 is 17.9 Å². The number of sulfonamides is 1. The quantitative estimate of drug-likeness (QED) is 0.812. The molecule has 1 saturated carbocycles. The van der Waals surface area contributed by atoms with E-state index in [1.165, 1.54) is 24.5 Å². The number of furan rings is 1. The number of halogens is 2. The van der Waals surface area contributed by atoms with Gasteiger partial charge in [-0.15, -0.1) is 0 Å². The fraction of sp³-hybridized carbons (Fsp3) is 0.333. The lowest BCUT2D eigenvalue weighted by Gasteiger charge is -2.26. The lowest BCUT2D eigenvalue weighted by atomic mass is 9.95. The van der Waals surface area contributed by atoms with Gasteiger partial charge in [0.25, 0.3) is 0 Å². The Balaban J connectivity index is 1.85. The summed E-state index contributed by atoms with van der Waals surface area (Å²) in [5, 5.41) is 11.2. The molecule has 0 amide bonds. The topological polar surface area (TPSA) is 79.5 Å². The Labute approximate surface area is 144 Å². The van der Waals surface area contributed by atoms with E-state index in [2.05, 4.69) is 4.72 Å². The maximum absolute atomic E-state index is 12.5. The van der Waals surface area contributed by atoms with Gasteiger partial charge >= 0.3 is 0 Å². The number of hydrogen-bond donors (Lipinski definition) is 2. The Morgan fingerprint density at radius 1 is 1.30 bits per heavy atom. The van der Waals surface area contributed by atoms with Gasteiger partial charge in [-0.2, -0.15) is 0 Å². The van der Waals surface area contributed by atoms with Crippen molar-refractivity contribution in [1.29, 1.82) is 0 Å². The predicted molar refractivity (Wildman–Crippen MR) is 87.0 cm³/mol. The van der Waals surface area contributed by atoms with Crippen LogP contribution in [0.25, 0.3) is 0 Å². The second-order valence-electron chi connectivity index (χ2n) is 5.58. The highest BCUT2D eigenvalue weighted by atomic mass is 35.5. The van der Waals surface area contributed by atoms with E-state index in [0.29, 0.717) is 5.76 Å². The average Bonchev–Trinajstić information content (AvgIpc) is 3.22. The largest absolute Gasteiger partial charge is 0.466 e. The summed E-state index contributed by atoms with van der Waals surface area (Å²) < 4.78 is 32.6. The van der Waals surface area contributed by atoms with Crippen molar-refractivity contribution in [2.45, 2.75) is 23.3 Å². The molecule has 0 radical (unpaired) electrons. The summed E-state index contributed by atoms with van der Waals surface area (Å²) in [6.45, 7) is -0.198. The van der Waals surface area contributed by atoms with Crippen LogP contribution in [0, 0.1) is 5.92 Å². The van der Waals surface area contributed by atoms with E-state index in [4.69, 9.17) is 27.6 Å². The summed E-state index contributed by atoms with van der Waals surface area (Å²) in [4.78, 5) is -0.121. The number of rotatable bonds is 6. The van der Waals surface area contributed by atoms with Crippen LogP contribution in [0.1, 0.15) is 18.6 Å². The minimum absolute atomic E-state index is 0.0359. The van der Waals surface area contributed by atoms with Crippen molar-refractivity contribution in [2.24, 2.45) is 5.92 Å². The van der Waals surface area contributed by atoms with Crippen molar-refractivity contribution >= 4 is 33.2 Å². The minimum atomic E-state index is -3.91. The van der Waals surface area contributed by atoms with Crippen LogP contribution in [0.15, 0.2) is 45.9 Å². The molecule has 1 atom stereocenters.